The maximum atomic E-state index is 12.3. The third-order valence-corrected chi connectivity index (χ3v) is 6.00. The number of benzene rings is 1. The van der Waals surface area contributed by atoms with Gasteiger partial charge in [-0.25, -0.2) is 4.79 Å². The molecule has 1 aromatic heterocycles. The summed E-state index contributed by atoms with van der Waals surface area (Å²) in [6, 6.07) is 6.08. The van der Waals surface area contributed by atoms with Gasteiger partial charge in [-0.1, -0.05) is 12.1 Å². The van der Waals surface area contributed by atoms with Gasteiger partial charge in [0.05, 0.1) is 19.8 Å². The van der Waals surface area contributed by atoms with Gasteiger partial charge in [0.15, 0.2) is 0 Å². The molecule has 180 valence electrons. The minimum atomic E-state index is -4.69. The van der Waals surface area contributed by atoms with E-state index in [1.807, 2.05) is 20.8 Å². The highest BCUT2D eigenvalue weighted by Crippen LogP contribution is 2.36. The monoisotopic (exact) mass is 467 g/mol. The van der Waals surface area contributed by atoms with Gasteiger partial charge in [0.1, 0.15) is 11.5 Å². The molecule has 9 heteroatoms. The molecule has 3 rings (SSSR count). The van der Waals surface area contributed by atoms with Crippen molar-refractivity contribution in [2.75, 3.05) is 7.11 Å². The Morgan fingerprint density at radius 3 is 2.24 bits per heavy atom. The molecule has 0 spiro atoms. The molecule has 0 radical (unpaired) electrons. The number of alkyl halides is 3. The summed E-state index contributed by atoms with van der Waals surface area (Å²) in [5.41, 5.74) is 3.96. The van der Waals surface area contributed by atoms with Gasteiger partial charge in [-0.05, 0) is 70.1 Å². The quantitative estimate of drug-likeness (QED) is 0.465. The fourth-order valence-electron chi connectivity index (χ4n) is 4.10. The van der Waals surface area contributed by atoms with Gasteiger partial charge in [-0.15, -0.1) is 13.2 Å². The SMILES string of the molecule is COC(=O)Oc1c(C)c(C)nc(C)c1COC1CCC(c2ccc(OC(F)(F)F)cc2)CC1. The Bertz CT molecular complexity index is 968. The molecule has 6 nitrogen and oxygen atoms in total. The maximum Gasteiger partial charge on any atom is 0.573 e. The van der Waals surface area contributed by atoms with E-state index in [-0.39, 0.29) is 24.4 Å². The first-order valence-corrected chi connectivity index (χ1v) is 10.8. The van der Waals surface area contributed by atoms with Crippen LogP contribution in [0.2, 0.25) is 0 Å². The number of ether oxygens (including phenoxy) is 4. The smallest absolute Gasteiger partial charge is 0.437 e. The summed E-state index contributed by atoms with van der Waals surface area (Å²) < 4.78 is 57.1. The van der Waals surface area contributed by atoms with E-state index < -0.39 is 12.5 Å². The summed E-state index contributed by atoms with van der Waals surface area (Å²) in [4.78, 5) is 16.2. The lowest BCUT2D eigenvalue weighted by atomic mass is 9.83. The molecule has 0 atom stereocenters. The number of methoxy groups -OCH3 is 1. The van der Waals surface area contributed by atoms with Gasteiger partial charge in [0, 0.05) is 22.5 Å². The first-order chi connectivity index (χ1) is 15.6. The molecule has 0 N–H and O–H groups in total. The van der Waals surface area contributed by atoms with Crippen molar-refractivity contribution in [3.63, 3.8) is 0 Å². The number of hydrogen-bond donors (Lipinski definition) is 0. The van der Waals surface area contributed by atoms with E-state index in [4.69, 9.17) is 9.47 Å². The van der Waals surface area contributed by atoms with Crippen molar-refractivity contribution in [2.24, 2.45) is 0 Å². The van der Waals surface area contributed by atoms with Gasteiger partial charge >= 0.3 is 12.5 Å². The summed E-state index contributed by atoms with van der Waals surface area (Å²) in [6.45, 7) is 5.78. The Labute approximate surface area is 191 Å². The van der Waals surface area contributed by atoms with Crippen LogP contribution in [0, 0.1) is 20.8 Å². The number of rotatable bonds is 6. The van der Waals surface area contributed by atoms with Crippen LogP contribution in [0.1, 0.15) is 59.7 Å². The Morgan fingerprint density at radius 1 is 1.03 bits per heavy atom. The van der Waals surface area contributed by atoms with Crippen molar-refractivity contribution in [3.05, 3.63) is 52.3 Å². The highest BCUT2D eigenvalue weighted by Gasteiger charge is 2.31. The lowest BCUT2D eigenvalue weighted by molar-refractivity contribution is -0.274. The summed E-state index contributed by atoms with van der Waals surface area (Å²) in [5, 5.41) is 0. The summed E-state index contributed by atoms with van der Waals surface area (Å²) >= 11 is 0. The predicted octanol–water partition coefficient (Wildman–Crippen LogP) is 6.29. The predicted molar refractivity (Wildman–Crippen MR) is 114 cm³/mol. The van der Waals surface area contributed by atoms with Gasteiger partial charge in [-0.2, -0.15) is 0 Å². The molecule has 0 bridgehead atoms. The van der Waals surface area contributed by atoms with Crippen LogP contribution < -0.4 is 9.47 Å². The van der Waals surface area contributed by atoms with E-state index in [0.29, 0.717) is 11.3 Å². The molecule has 1 fully saturated rings. The Morgan fingerprint density at radius 2 is 1.67 bits per heavy atom. The van der Waals surface area contributed by atoms with Crippen molar-refractivity contribution < 1.29 is 36.9 Å². The molecule has 0 aliphatic heterocycles. The van der Waals surface area contributed by atoms with E-state index in [9.17, 15) is 18.0 Å². The van der Waals surface area contributed by atoms with Crippen molar-refractivity contribution in [2.45, 2.75) is 71.4 Å². The Hall–Kier alpha value is -2.81. The molecule has 0 unspecified atom stereocenters. The van der Waals surface area contributed by atoms with Crippen molar-refractivity contribution in [1.82, 2.24) is 4.98 Å². The molecule has 1 aliphatic rings. The van der Waals surface area contributed by atoms with E-state index in [1.54, 1.807) is 12.1 Å². The number of pyridine rings is 1. The van der Waals surface area contributed by atoms with Crippen molar-refractivity contribution >= 4 is 6.16 Å². The molecule has 1 heterocycles. The Balaban J connectivity index is 1.59. The lowest BCUT2D eigenvalue weighted by Gasteiger charge is -2.29. The molecule has 33 heavy (non-hydrogen) atoms. The van der Waals surface area contributed by atoms with Gasteiger partial charge in [0.2, 0.25) is 0 Å². The molecule has 1 aliphatic carbocycles. The summed E-state index contributed by atoms with van der Waals surface area (Å²) in [5.74, 6) is 0.459. The lowest BCUT2D eigenvalue weighted by Crippen LogP contribution is -2.22. The van der Waals surface area contributed by atoms with Crippen LogP contribution in [0.3, 0.4) is 0 Å². The highest BCUT2D eigenvalue weighted by molar-refractivity contribution is 5.65. The van der Waals surface area contributed by atoms with Crippen LogP contribution in [-0.2, 0) is 16.1 Å². The minimum absolute atomic E-state index is 0.0288. The van der Waals surface area contributed by atoms with E-state index in [0.717, 1.165) is 48.2 Å². The van der Waals surface area contributed by atoms with Crippen molar-refractivity contribution in [1.29, 1.82) is 0 Å². The van der Waals surface area contributed by atoms with E-state index in [1.165, 1.54) is 19.2 Å². The zero-order chi connectivity index (χ0) is 24.2. The third-order valence-electron chi connectivity index (χ3n) is 6.00. The van der Waals surface area contributed by atoms with Crippen LogP contribution in [0.5, 0.6) is 11.5 Å². The number of hydrogen-bond acceptors (Lipinski definition) is 6. The fourth-order valence-corrected chi connectivity index (χ4v) is 4.10. The summed E-state index contributed by atoms with van der Waals surface area (Å²) in [7, 11) is 1.25. The average Bonchev–Trinajstić information content (AvgIpc) is 2.76. The zero-order valence-electron chi connectivity index (χ0n) is 19.1. The van der Waals surface area contributed by atoms with Crippen LogP contribution in [-0.4, -0.2) is 30.7 Å². The number of aryl methyl sites for hydroxylation is 2. The van der Waals surface area contributed by atoms with Gasteiger partial charge < -0.3 is 18.9 Å². The molecule has 1 aromatic carbocycles. The molecule has 0 amide bonds. The zero-order valence-corrected chi connectivity index (χ0v) is 19.1. The maximum absolute atomic E-state index is 12.3. The van der Waals surface area contributed by atoms with E-state index in [2.05, 4.69) is 14.5 Å². The second-order valence-corrected chi connectivity index (χ2v) is 8.17. The van der Waals surface area contributed by atoms with Crippen LogP contribution in [0.4, 0.5) is 18.0 Å². The number of carbonyl (C=O) groups is 1. The first kappa shape index (κ1) is 24.8. The van der Waals surface area contributed by atoms with E-state index >= 15 is 0 Å². The topological polar surface area (TPSA) is 66.9 Å². The number of halogens is 3. The normalized spacial score (nSPS) is 18.6. The second kappa shape index (κ2) is 10.4. The fraction of sp³-hybridized carbons (Fsp3) is 0.500. The molecule has 2 aromatic rings. The van der Waals surface area contributed by atoms with Crippen LogP contribution in [0.25, 0.3) is 0 Å². The van der Waals surface area contributed by atoms with Crippen molar-refractivity contribution in [3.8, 4) is 11.5 Å². The Kier molecular flexibility index (Phi) is 7.84. The van der Waals surface area contributed by atoms with Crippen LogP contribution >= 0.6 is 0 Å². The second-order valence-electron chi connectivity index (χ2n) is 8.17. The third kappa shape index (κ3) is 6.60. The molecular formula is C24H28F3NO5. The number of aromatic nitrogens is 1. The summed E-state index contributed by atoms with van der Waals surface area (Å²) in [6.07, 6.45) is -2.11. The van der Waals surface area contributed by atoms with Crippen LogP contribution in [0.15, 0.2) is 24.3 Å². The largest absolute Gasteiger partial charge is 0.573 e. The minimum Gasteiger partial charge on any atom is -0.437 e. The number of nitrogens with zero attached hydrogens (tertiary/aromatic N) is 1. The average molecular weight is 467 g/mol. The standard InChI is InChI=1S/C24H28F3NO5/c1-14-15(2)28-16(3)21(22(14)32-23(29)30-4)13-31-19-9-5-17(6-10-19)18-7-11-20(12-8-18)33-24(25,26)27/h7-8,11-12,17,19H,5-6,9-10,13H2,1-4H3. The molecule has 1 saturated carbocycles. The van der Waals surface area contributed by atoms with Gasteiger partial charge in [-0.3, -0.25) is 4.98 Å². The molecule has 0 saturated heterocycles. The first-order valence-electron chi connectivity index (χ1n) is 10.8. The highest BCUT2D eigenvalue weighted by atomic mass is 19.4. The molecular weight excluding hydrogens is 439 g/mol. The van der Waals surface area contributed by atoms with Gasteiger partial charge in [0.25, 0.3) is 0 Å². The number of carbonyl (C=O) groups excluding carboxylic acids is 1.